The number of aliphatic carboxylic acids is 2. The van der Waals surface area contributed by atoms with Gasteiger partial charge in [0.15, 0.2) is 0 Å². The number of aryl methyl sites for hydroxylation is 1. The van der Waals surface area contributed by atoms with Crippen molar-refractivity contribution in [2.24, 2.45) is 0 Å². The third-order valence-electron chi connectivity index (χ3n) is 3.34. The van der Waals surface area contributed by atoms with Crippen LogP contribution in [0.5, 0.6) is 0 Å². The third-order valence-corrected chi connectivity index (χ3v) is 3.34. The minimum atomic E-state index is -1.82. The Labute approximate surface area is 109 Å². The molecule has 0 atom stereocenters. The van der Waals surface area contributed by atoms with E-state index in [1.807, 2.05) is 6.92 Å². The van der Waals surface area contributed by atoms with Gasteiger partial charge in [0, 0.05) is 20.0 Å². The van der Waals surface area contributed by atoms with Crippen LogP contribution in [0.1, 0.15) is 24.6 Å². The number of hydrogen-bond donors (Lipinski definition) is 2. The van der Waals surface area contributed by atoms with E-state index in [1.54, 1.807) is 0 Å². The smallest absolute Gasteiger partial charge is 0.414 e. The molecule has 3 aliphatic heterocycles. The predicted molar refractivity (Wildman–Crippen MR) is 61.7 cm³/mol. The van der Waals surface area contributed by atoms with Gasteiger partial charge >= 0.3 is 11.9 Å². The second-order valence-electron chi connectivity index (χ2n) is 4.83. The average Bonchev–Trinajstić information content (AvgIpc) is 2.76. The van der Waals surface area contributed by atoms with Crippen LogP contribution in [-0.2, 0) is 15.0 Å². The summed E-state index contributed by atoms with van der Waals surface area (Å²) in [5, 5.41) is 22.8. The molecule has 19 heavy (non-hydrogen) atoms. The topological polar surface area (TPSA) is 117 Å². The molecule has 0 aromatic carbocycles. The maximum Gasteiger partial charge on any atom is 0.414 e. The Balaban J connectivity index is 0.000000192. The highest BCUT2D eigenvalue weighted by atomic mass is 16.4. The summed E-state index contributed by atoms with van der Waals surface area (Å²) in [5.41, 5.74) is 0.222. The molecule has 104 valence electrons. The zero-order chi connectivity index (χ0) is 14.0. The van der Waals surface area contributed by atoms with E-state index in [4.69, 9.17) is 24.2 Å². The first-order valence-electron chi connectivity index (χ1n) is 5.92. The minimum absolute atomic E-state index is 0.222. The lowest BCUT2D eigenvalue weighted by atomic mass is 9.72. The first-order valence-corrected chi connectivity index (χ1v) is 5.92. The Kier molecular flexibility index (Phi) is 3.52. The molecule has 0 saturated carbocycles. The zero-order valence-corrected chi connectivity index (χ0v) is 10.5. The summed E-state index contributed by atoms with van der Waals surface area (Å²) >= 11 is 0. The Bertz CT molecular complexity index is 475. The van der Waals surface area contributed by atoms with Crippen molar-refractivity contribution in [3.63, 3.8) is 0 Å². The molecule has 1 aromatic heterocycles. The maximum absolute atomic E-state index is 9.10. The van der Waals surface area contributed by atoms with E-state index in [-0.39, 0.29) is 5.41 Å². The number of carbonyl (C=O) groups is 2. The van der Waals surface area contributed by atoms with Crippen LogP contribution < -0.4 is 0 Å². The summed E-state index contributed by atoms with van der Waals surface area (Å²) in [6.45, 7) is 5.34. The fourth-order valence-electron chi connectivity index (χ4n) is 2.52. The molecule has 3 aliphatic rings. The summed E-state index contributed by atoms with van der Waals surface area (Å²) in [7, 11) is 0. The molecular formula is C11H15N3O5. The molecule has 3 fully saturated rings. The van der Waals surface area contributed by atoms with Crippen LogP contribution in [0.3, 0.4) is 0 Å². The van der Waals surface area contributed by atoms with Crippen molar-refractivity contribution in [2.75, 3.05) is 19.6 Å². The maximum atomic E-state index is 9.10. The molecule has 0 spiro atoms. The van der Waals surface area contributed by atoms with Crippen molar-refractivity contribution in [1.29, 1.82) is 0 Å². The molecule has 2 bridgehead atoms. The van der Waals surface area contributed by atoms with Crippen LogP contribution in [0.2, 0.25) is 0 Å². The summed E-state index contributed by atoms with van der Waals surface area (Å²) < 4.78 is 5.52. The number of piperidine rings is 2. The Morgan fingerprint density at radius 1 is 1.26 bits per heavy atom. The summed E-state index contributed by atoms with van der Waals surface area (Å²) in [6, 6.07) is 0. The molecule has 3 saturated heterocycles. The standard InChI is InChI=1S/C9H13N3O.C2H2O4/c1-7-10-11-8(13-7)9-3-2-4-12(5-9)6-9;3-1(4)2(5)6/h2-6H2,1H3;(H,3,4)(H,5,6). The molecule has 8 heteroatoms. The zero-order valence-electron chi connectivity index (χ0n) is 10.5. The second kappa shape index (κ2) is 4.96. The van der Waals surface area contributed by atoms with Crippen molar-refractivity contribution in [3.8, 4) is 0 Å². The minimum Gasteiger partial charge on any atom is -0.473 e. The first kappa shape index (κ1) is 13.5. The van der Waals surface area contributed by atoms with Gasteiger partial charge in [-0.25, -0.2) is 9.59 Å². The van der Waals surface area contributed by atoms with Gasteiger partial charge in [-0.1, -0.05) is 0 Å². The molecule has 8 nitrogen and oxygen atoms in total. The van der Waals surface area contributed by atoms with E-state index in [9.17, 15) is 0 Å². The lowest BCUT2D eigenvalue weighted by Crippen LogP contribution is -2.63. The van der Waals surface area contributed by atoms with Gasteiger partial charge < -0.3 is 19.5 Å². The van der Waals surface area contributed by atoms with E-state index >= 15 is 0 Å². The molecule has 1 aromatic rings. The van der Waals surface area contributed by atoms with Crippen LogP contribution >= 0.6 is 0 Å². The second-order valence-corrected chi connectivity index (χ2v) is 4.83. The number of carboxylic acid groups (broad SMARTS) is 2. The third kappa shape index (κ3) is 2.73. The van der Waals surface area contributed by atoms with Gasteiger partial charge in [0.25, 0.3) is 0 Å². The first-order chi connectivity index (χ1) is 8.93. The van der Waals surface area contributed by atoms with Gasteiger partial charge in [0.1, 0.15) is 0 Å². The van der Waals surface area contributed by atoms with Crippen LogP contribution in [-0.4, -0.2) is 56.9 Å². The fourth-order valence-corrected chi connectivity index (χ4v) is 2.52. The van der Waals surface area contributed by atoms with Gasteiger partial charge in [-0.05, 0) is 19.4 Å². The molecule has 0 aliphatic carbocycles. The number of hydrogen-bond acceptors (Lipinski definition) is 6. The molecule has 2 N–H and O–H groups in total. The Morgan fingerprint density at radius 3 is 2.26 bits per heavy atom. The molecular weight excluding hydrogens is 254 g/mol. The fraction of sp³-hybridized carbons (Fsp3) is 0.636. The van der Waals surface area contributed by atoms with E-state index < -0.39 is 11.9 Å². The summed E-state index contributed by atoms with van der Waals surface area (Å²) in [4.78, 5) is 20.6. The number of aromatic nitrogens is 2. The average molecular weight is 269 g/mol. The quantitative estimate of drug-likeness (QED) is 0.678. The van der Waals surface area contributed by atoms with E-state index in [0.717, 1.165) is 19.0 Å². The number of fused-ring (bicyclic) bond motifs is 2. The number of nitrogens with zero attached hydrogens (tertiary/aromatic N) is 3. The monoisotopic (exact) mass is 269 g/mol. The summed E-state index contributed by atoms with van der Waals surface area (Å²) in [5.74, 6) is -2.10. The molecule has 0 amide bonds. The molecule has 4 heterocycles. The lowest BCUT2D eigenvalue weighted by Gasteiger charge is -2.52. The van der Waals surface area contributed by atoms with Gasteiger partial charge in [-0.3, -0.25) is 0 Å². The van der Waals surface area contributed by atoms with Crippen LogP contribution in [0.4, 0.5) is 0 Å². The van der Waals surface area contributed by atoms with Gasteiger partial charge in [-0.2, -0.15) is 0 Å². The molecule has 0 radical (unpaired) electrons. The van der Waals surface area contributed by atoms with Crippen molar-refractivity contribution >= 4 is 11.9 Å². The number of carboxylic acids is 2. The van der Waals surface area contributed by atoms with Crippen molar-refractivity contribution in [3.05, 3.63) is 11.8 Å². The van der Waals surface area contributed by atoms with Crippen LogP contribution in [0.15, 0.2) is 4.42 Å². The van der Waals surface area contributed by atoms with Gasteiger partial charge in [0.2, 0.25) is 11.8 Å². The van der Waals surface area contributed by atoms with E-state index in [1.165, 1.54) is 19.4 Å². The van der Waals surface area contributed by atoms with Crippen molar-refractivity contribution in [1.82, 2.24) is 15.1 Å². The van der Waals surface area contributed by atoms with E-state index in [2.05, 4.69) is 15.1 Å². The van der Waals surface area contributed by atoms with E-state index in [0.29, 0.717) is 5.89 Å². The Hall–Kier alpha value is -1.96. The molecule has 0 unspecified atom stereocenters. The summed E-state index contributed by atoms with van der Waals surface area (Å²) in [6.07, 6.45) is 2.48. The lowest BCUT2D eigenvalue weighted by molar-refractivity contribution is -0.159. The van der Waals surface area contributed by atoms with Crippen LogP contribution in [0, 0.1) is 6.92 Å². The van der Waals surface area contributed by atoms with Gasteiger partial charge in [0.05, 0.1) is 5.41 Å². The Morgan fingerprint density at radius 2 is 1.89 bits per heavy atom. The number of rotatable bonds is 1. The predicted octanol–water partition coefficient (Wildman–Crippen LogP) is -0.119. The van der Waals surface area contributed by atoms with Crippen molar-refractivity contribution < 1.29 is 24.2 Å². The SMILES string of the molecule is Cc1nnc(C23CCCN(C2)C3)o1.O=C(O)C(=O)O. The highest BCUT2D eigenvalue weighted by Gasteiger charge is 2.50. The van der Waals surface area contributed by atoms with Crippen molar-refractivity contribution in [2.45, 2.75) is 25.2 Å². The van der Waals surface area contributed by atoms with Gasteiger partial charge in [-0.15, -0.1) is 10.2 Å². The largest absolute Gasteiger partial charge is 0.473 e. The normalized spacial score (nSPS) is 27.7. The van der Waals surface area contributed by atoms with Crippen LogP contribution in [0.25, 0.3) is 0 Å². The highest BCUT2D eigenvalue weighted by molar-refractivity contribution is 6.27. The highest BCUT2D eigenvalue weighted by Crippen LogP contribution is 2.41. The molecule has 4 rings (SSSR count).